The van der Waals surface area contributed by atoms with Crippen molar-refractivity contribution in [2.24, 2.45) is 0 Å². The van der Waals surface area contributed by atoms with Crippen molar-refractivity contribution >= 4 is 5.78 Å². The van der Waals surface area contributed by atoms with Crippen LogP contribution in [0.5, 0.6) is 5.75 Å². The molecule has 29 heavy (non-hydrogen) atoms. The van der Waals surface area contributed by atoms with E-state index >= 15 is 0 Å². The van der Waals surface area contributed by atoms with E-state index in [1.165, 1.54) is 77.7 Å². The average molecular weight is 401 g/mol. The lowest BCUT2D eigenvalue weighted by atomic mass is 10.0. The first-order valence-corrected chi connectivity index (χ1v) is 12.0. The third-order valence-corrected chi connectivity index (χ3v) is 6.34. The Bertz CT molecular complexity index is 575. The fraction of sp³-hybridized carbons (Fsp3) is 0.720. The van der Waals surface area contributed by atoms with Crippen molar-refractivity contribution in [3.63, 3.8) is 0 Å². The van der Waals surface area contributed by atoms with Crippen LogP contribution in [0.1, 0.15) is 81.0 Å². The minimum Gasteiger partial charge on any atom is -0.494 e. The molecule has 1 aromatic rings. The van der Waals surface area contributed by atoms with Crippen LogP contribution in [0.25, 0.3) is 0 Å². The van der Waals surface area contributed by atoms with Gasteiger partial charge in [0, 0.05) is 18.5 Å². The van der Waals surface area contributed by atoms with Crippen LogP contribution in [0.3, 0.4) is 0 Å². The van der Waals surface area contributed by atoms with E-state index in [1.807, 2.05) is 24.3 Å². The molecule has 0 saturated carbocycles. The highest BCUT2D eigenvalue weighted by Crippen LogP contribution is 2.16. The fourth-order valence-corrected chi connectivity index (χ4v) is 4.52. The van der Waals surface area contributed by atoms with E-state index in [0.717, 1.165) is 43.7 Å². The standard InChI is InChI=1S/C25H40N2O2/c28-25(11-4-1-5-16-26-17-6-2-7-18-26)23-12-14-24(15-13-23)29-22-10-21-27-19-8-3-9-20-27/h12-15H,1-11,16-22H2. The predicted molar refractivity (Wildman–Crippen MR) is 120 cm³/mol. The average Bonchev–Trinajstić information content (AvgIpc) is 2.78. The van der Waals surface area contributed by atoms with Gasteiger partial charge in [0.1, 0.15) is 5.75 Å². The summed E-state index contributed by atoms with van der Waals surface area (Å²) in [6, 6.07) is 7.75. The van der Waals surface area contributed by atoms with Crippen LogP contribution in [0, 0.1) is 0 Å². The third kappa shape index (κ3) is 8.47. The van der Waals surface area contributed by atoms with Gasteiger partial charge in [0.15, 0.2) is 5.78 Å². The van der Waals surface area contributed by atoms with Crippen LogP contribution in [0.2, 0.25) is 0 Å². The van der Waals surface area contributed by atoms with Gasteiger partial charge in [0.05, 0.1) is 6.61 Å². The SMILES string of the molecule is O=C(CCCCCN1CCCCC1)c1ccc(OCCCN2CCCCC2)cc1. The lowest BCUT2D eigenvalue weighted by Gasteiger charge is -2.26. The Kier molecular flexibility index (Phi) is 10.0. The van der Waals surface area contributed by atoms with Crippen molar-refractivity contribution in [3.8, 4) is 5.75 Å². The molecule has 0 aromatic heterocycles. The monoisotopic (exact) mass is 400 g/mol. The lowest BCUT2D eigenvalue weighted by Crippen LogP contribution is -2.31. The van der Waals surface area contributed by atoms with Gasteiger partial charge in [0.25, 0.3) is 0 Å². The molecular weight excluding hydrogens is 360 g/mol. The van der Waals surface area contributed by atoms with Gasteiger partial charge in [-0.25, -0.2) is 0 Å². The molecule has 0 bridgehead atoms. The number of likely N-dealkylation sites (tertiary alicyclic amines) is 2. The highest BCUT2D eigenvalue weighted by molar-refractivity contribution is 5.96. The number of ether oxygens (including phenoxy) is 1. The number of Topliss-reactive ketones (excluding diaryl/α,β-unsaturated/α-hetero) is 1. The molecular formula is C25H40N2O2. The zero-order valence-corrected chi connectivity index (χ0v) is 18.2. The summed E-state index contributed by atoms with van der Waals surface area (Å²) in [6.45, 7) is 8.12. The first kappa shape index (κ1) is 22.3. The van der Waals surface area contributed by atoms with Crippen LogP contribution in [0.4, 0.5) is 0 Å². The van der Waals surface area contributed by atoms with E-state index in [2.05, 4.69) is 9.80 Å². The van der Waals surface area contributed by atoms with Crippen molar-refractivity contribution < 1.29 is 9.53 Å². The summed E-state index contributed by atoms with van der Waals surface area (Å²) in [5.41, 5.74) is 0.821. The van der Waals surface area contributed by atoms with Crippen LogP contribution in [0.15, 0.2) is 24.3 Å². The highest BCUT2D eigenvalue weighted by atomic mass is 16.5. The second kappa shape index (κ2) is 13.0. The van der Waals surface area contributed by atoms with Crippen molar-refractivity contribution in [3.05, 3.63) is 29.8 Å². The number of carbonyl (C=O) groups is 1. The molecule has 0 amide bonds. The van der Waals surface area contributed by atoms with Crippen molar-refractivity contribution in [2.75, 3.05) is 45.9 Å². The van der Waals surface area contributed by atoms with Gasteiger partial charge in [0.2, 0.25) is 0 Å². The Labute approximate surface area is 177 Å². The van der Waals surface area contributed by atoms with Crippen molar-refractivity contribution in [1.82, 2.24) is 9.80 Å². The largest absolute Gasteiger partial charge is 0.494 e. The number of carbonyl (C=O) groups excluding carboxylic acids is 1. The maximum absolute atomic E-state index is 12.4. The number of nitrogens with zero attached hydrogens (tertiary/aromatic N) is 2. The molecule has 2 saturated heterocycles. The number of hydrogen-bond donors (Lipinski definition) is 0. The summed E-state index contributed by atoms with van der Waals surface area (Å²) in [5, 5.41) is 0. The zero-order chi connectivity index (χ0) is 20.2. The topological polar surface area (TPSA) is 32.8 Å². The first-order chi connectivity index (χ1) is 14.3. The van der Waals surface area contributed by atoms with E-state index in [-0.39, 0.29) is 5.78 Å². The quantitative estimate of drug-likeness (QED) is 0.358. The van der Waals surface area contributed by atoms with Gasteiger partial charge in [-0.15, -0.1) is 0 Å². The summed E-state index contributed by atoms with van der Waals surface area (Å²) >= 11 is 0. The fourth-order valence-electron chi connectivity index (χ4n) is 4.52. The van der Waals surface area contributed by atoms with Crippen LogP contribution in [-0.2, 0) is 0 Å². The van der Waals surface area contributed by atoms with Gasteiger partial charge >= 0.3 is 0 Å². The molecule has 3 rings (SSSR count). The van der Waals surface area contributed by atoms with Crippen molar-refractivity contribution in [2.45, 2.75) is 70.6 Å². The van der Waals surface area contributed by atoms with Crippen molar-refractivity contribution in [1.29, 1.82) is 0 Å². The van der Waals surface area contributed by atoms with Crippen LogP contribution < -0.4 is 4.74 Å². The Hall–Kier alpha value is -1.39. The van der Waals surface area contributed by atoms with Gasteiger partial charge in [-0.3, -0.25) is 4.79 Å². The molecule has 2 heterocycles. The molecule has 2 aliphatic rings. The summed E-state index contributed by atoms with van der Waals surface area (Å²) < 4.78 is 5.86. The van der Waals surface area contributed by atoms with E-state index in [9.17, 15) is 4.79 Å². The summed E-state index contributed by atoms with van der Waals surface area (Å²) in [4.78, 5) is 17.5. The molecule has 2 aliphatic heterocycles. The number of hydrogen-bond acceptors (Lipinski definition) is 4. The smallest absolute Gasteiger partial charge is 0.162 e. The van der Waals surface area contributed by atoms with Gasteiger partial charge in [-0.05, 0) is 102 Å². The molecule has 2 fully saturated rings. The summed E-state index contributed by atoms with van der Waals surface area (Å²) in [5.74, 6) is 1.14. The third-order valence-electron chi connectivity index (χ3n) is 6.34. The molecule has 0 atom stereocenters. The van der Waals surface area contributed by atoms with E-state index in [0.29, 0.717) is 6.42 Å². The van der Waals surface area contributed by atoms with E-state index < -0.39 is 0 Å². The molecule has 162 valence electrons. The molecule has 0 radical (unpaired) electrons. The molecule has 4 nitrogen and oxygen atoms in total. The number of rotatable bonds is 12. The summed E-state index contributed by atoms with van der Waals surface area (Å²) in [6.07, 6.45) is 13.3. The molecule has 4 heteroatoms. The Morgan fingerprint density at radius 3 is 1.93 bits per heavy atom. The number of ketones is 1. The molecule has 0 N–H and O–H groups in total. The lowest BCUT2D eigenvalue weighted by molar-refractivity contribution is 0.0978. The maximum atomic E-state index is 12.4. The second-order valence-corrected chi connectivity index (χ2v) is 8.76. The van der Waals surface area contributed by atoms with Gasteiger partial charge < -0.3 is 14.5 Å². The van der Waals surface area contributed by atoms with E-state index in [1.54, 1.807) is 0 Å². The zero-order valence-electron chi connectivity index (χ0n) is 18.2. The van der Waals surface area contributed by atoms with Crippen LogP contribution >= 0.6 is 0 Å². The Morgan fingerprint density at radius 2 is 1.31 bits per heavy atom. The maximum Gasteiger partial charge on any atom is 0.162 e. The molecule has 0 aliphatic carbocycles. The number of piperidine rings is 2. The predicted octanol–water partition coefficient (Wildman–Crippen LogP) is 5.17. The van der Waals surface area contributed by atoms with E-state index in [4.69, 9.17) is 4.74 Å². The number of unbranched alkanes of at least 4 members (excludes halogenated alkanes) is 2. The Morgan fingerprint density at radius 1 is 0.724 bits per heavy atom. The van der Waals surface area contributed by atoms with Gasteiger partial charge in [-0.2, -0.15) is 0 Å². The highest BCUT2D eigenvalue weighted by Gasteiger charge is 2.11. The van der Waals surface area contributed by atoms with Gasteiger partial charge in [-0.1, -0.05) is 19.3 Å². The van der Waals surface area contributed by atoms with Crippen LogP contribution in [-0.4, -0.2) is 61.5 Å². The molecule has 0 unspecified atom stereocenters. The molecule has 0 spiro atoms. The minimum atomic E-state index is 0.264. The second-order valence-electron chi connectivity index (χ2n) is 8.76. The normalized spacial score (nSPS) is 18.6. The number of benzene rings is 1. The minimum absolute atomic E-state index is 0.264. The summed E-state index contributed by atoms with van der Waals surface area (Å²) in [7, 11) is 0. The Balaban J connectivity index is 1.25. The molecule has 1 aromatic carbocycles. The first-order valence-electron chi connectivity index (χ1n) is 12.0.